The Balaban J connectivity index is 1.37. The monoisotopic (exact) mass is 401 g/mol. The van der Waals surface area contributed by atoms with Crippen molar-refractivity contribution in [2.45, 2.75) is 6.42 Å². The zero-order valence-electron chi connectivity index (χ0n) is 15.2. The lowest BCUT2D eigenvalue weighted by atomic mass is 10.1. The summed E-state index contributed by atoms with van der Waals surface area (Å²) in [6, 6.07) is 7.01. The van der Waals surface area contributed by atoms with Crippen molar-refractivity contribution in [3.05, 3.63) is 41.7 Å². The fourth-order valence-electron chi connectivity index (χ4n) is 3.31. The first-order valence-corrected chi connectivity index (χ1v) is 9.49. The summed E-state index contributed by atoms with van der Waals surface area (Å²) in [4.78, 5) is 37.2. The number of amides is 2. The lowest BCUT2D eigenvalue weighted by Crippen LogP contribution is -2.37. The van der Waals surface area contributed by atoms with Gasteiger partial charge in [0.1, 0.15) is 0 Å². The lowest BCUT2D eigenvalue weighted by molar-refractivity contribution is -0.122. The number of carbonyl (C=O) groups excluding carboxylic acids is 2. The van der Waals surface area contributed by atoms with Crippen LogP contribution >= 0.6 is 11.6 Å². The fourth-order valence-corrected chi connectivity index (χ4v) is 3.44. The Morgan fingerprint density at radius 2 is 1.82 bits per heavy atom. The highest BCUT2D eigenvalue weighted by molar-refractivity contribution is 6.30. The number of hydrogen-bond donors (Lipinski definition) is 1. The molecule has 1 atom stereocenters. The molecule has 146 valence electrons. The first-order valence-electron chi connectivity index (χ1n) is 9.12. The Hall–Kier alpha value is -2.71. The highest BCUT2D eigenvalue weighted by Crippen LogP contribution is 2.27. The topological polar surface area (TPSA) is 87.7 Å². The number of aromatic nitrogens is 2. The molecular formula is C19H20ClN5O3. The van der Waals surface area contributed by atoms with Gasteiger partial charge in [-0.05, 0) is 24.3 Å². The average Bonchev–Trinajstić information content (AvgIpc) is 3.12. The number of morpholine rings is 1. The van der Waals surface area contributed by atoms with E-state index in [1.807, 2.05) is 4.90 Å². The number of hydrogen-bond acceptors (Lipinski definition) is 6. The second-order valence-electron chi connectivity index (χ2n) is 6.74. The summed E-state index contributed by atoms with van der Waals surface area (Å²) in [5, 5.41) is 3.41. The minimum absolute atomic E-state index is 0.0820. The molecule has 0 bridgehead atoms. The second-order valence-corrected chi connectivity index (χ2v) is 7.18. The van der Waals surface area contributed by atoms with Crippen LogP contribution in [0.3, 0.4) is 0 Å². The smallest absolute Gasteiger partial charge is 0.229 e. The summed E-state index contributed by atoms with van der Waals surface area (Å²) >= 11 is 5.90. The van der Waals surface area contributed by atoms with Crippen LogP contribution in [0.15, 0.2) is 36.7 Å². The number of halogens is 1. The minimum atomic E-state index is -0.429. The minimum Gasteiger partial charge on any atom is -0.378 e. The number of benzene rings is 1. The first kappa shape index (κ1) is 18.6. The molecule has 0 aliphatic carbocycles. The van der Waals surface area contributed by atoms with Gasteiger partial charge in [-0.3, -0.25) is 9.59 Å². The molecule has 1 aromatic heterocycles. The van der Waals surface area contributed by atoms with E-state index in [-0.39, 0.29) is 18.2 Å². The van der Waals surface area contributed by atoms with Crippen LogP contribution in [0.1, 0.15) is 6.42 Å². The molecule has 2 amide bonds. The number of nitrogens with zero attached hydrogens (tertiary/aromatic N) is 4. The molecule has 1 unspecified atom stereocenters. The van der Waals surface area contributed by atoms with E-state index in [4.69, 9.17) is 16.3 Å². The van der Waals surface area contributed by atoms with E-state index in [0.717, 1.165) is 18.8 Å². The van der Waals surface area contributed by atoms with Crippen LogP contribution in [-0.4, -0.2) is 54.6 Å². The molecule has 1 aromatic carbocycles. The molecule has 2 aliphatic rings. The maximum atomic E-state index is 12.6. The van der Waals surface area contributed by atoms with Gasteiger partial charge in [-0.15, -0.1) is 0 Å². The second kappa shape index (κ2) is 8.12. The average molecular weight is 402 g/mol. The van der Waals surface area contributed by atoms with Crippen molar-refractivity contribution in [2.75, 3.05) is 48.0 Å². The molecule has 2 fully saturated rings. The van der Waals surface area contributed by atoms with Gasteiger partial charge < -0.3 is 19.9 Å². The molecule has 1 N–H and O–H groups in total. The maximum absolute atomic E-state index is 12.6. The maximum Gasteiger partial charge on any atom is 0.229 e. The highest BCUT2D eigenvalue weighted by Gasteiger charge is 2.35. The molecule has 2 aromatic rings. The van der Waals surface area contributed by atoms with Crippen molar-refractivity contribution in [1.82, 2.24) is 9.97 Å². The molecule has 9 heteroatoms. The number of nitrogens with one attached hydrogen (secondary N) is 1. The van der Waals surface area contributed by atoms with Crippen LogP contribution in [0.4, 0.5) is 17.3 Å². The van der Waals surface area contributed by atoms with Gasteiger partial charge in [0.05, 0.1) is 37.2 Å². The predicted octanol–water partition coefficient (Wildman–Crippen LogP) is 1.96. The molecule has 0 radical (unpaired) electrons. The van der Waals surface area contributed by atoms with E-state index in [1.54, 1.807) is 41.6 Å². The summed E-state index contributed by atoms with van der Waals surface area (Å²) in [5.74, 6) is -0.109. The van der Waals surface area contributed by atoms with Gasteiger partial charge in [-0.25, -0.2) is 9.97 Å². The van der Waals surface area contributed by atoms with Crippen LogP contribution < -0.4 is 15.1 Å². The third kappa shape index (κ3) is 4.07. The van der Waals surface area contributed by atoms with Crippen LogP contribution in [0, 0.1) is 5.92 Å². The Morgan fingerprint density at radius 3 is 2.50 bits per heavy atom. The summed E-state index contributed by atoms with van der Waals surface area (Å²) < 4.78 is 5.32. The predicted molar refractivity (Wildman–Crippen MR) is 106 cm³/mol. The van der Waals surface area contributed by atoms with Gasteiger partial charge in [-0.1, -0.05) is 11.6 Å². The van der Waals surface area contributed by atoms with Crippen LogP contribution in [-0.2, 0) is 14.3 Å². The Morgan fingerprint density at radius 1 is 1.14 bits per heavy atom. The van der Waals surface area contributed by atoms with E-state index < -0.39 is 5.92 Å². The van der Waals surface area contributed by atoms with E-state index in [1.165, 1.54) is 0 Å². The van der Waals surface area contributed by atoms with E-state index in [2.05, 4.69) is 15.3 Å². The van der Waals surface area contributed by atoms with Gasteiger partial charge >= 0.3 is 0 Å². The summed E-state index contributed by atoms with van der Waals surface area (Å²) in [6.07, 6.45) is 3.34. The normalized spacial score (nSPS) is 19.8. The molecule has 28 heavy (non-hydrogen) atoms. The number of anilines is 3. The van der Waals surface area contributed by atoms with Crippen LogP contribution in [0.25, 0.3) is 0 Å². The standard InChI is InChI=1S/C19H20ClN5O3/c20-14-1-3-16(4-2-14)25-12-13(9-17(25)26)18(27)23-15-10-21-19(22-11-15)24-5-7-28-8-6-24/h1-4,10-11,13H,5-9,12H2,(H,23,27). The van der Waals surface area contributed by atoms with Crippen molar-refractivity contribution in [1.29, 1.82) is 0 Å². The number of carbonyl (C=O) groups is 2. The van der Waals surface area contributed by atoms with Crippen molar-refractivity contribution >= 4 is 40.7 Å². The Labute approximate surface area is 167 Å². The molecule has 4 rings (SSSR count). The third-order valence-electron chi connectivity index (χ3n) is 4.83. The fraction of sp³-hybridized carbons (Fsp3) is 0.368. The summed E-state index contributed by atoms with van der Waals surface area (Å²) in [5.41, 5.74) is 1.25. The molecular weight excluding hydrogens is 382 g/mol. The SMILES string of the molecule is O=C(Nc1cnc(N2CCOCC2)nc1)C1CC(=O)N(c2ccc(Cl)cc2)C1. The number of ether oxygens (including phenoxy) is 1. The van der Waals surface area contributed by atoms with Crippen molar-refractivity contribution in [3.8, 4) is 0 Å². The lowest BCUT2D eigenvalue weighted by Gasteiger charge is -2.26. The Kier molecular flexibility index (Phi) is 5.40. The van der Waals surface area contributed by atoms with Gasteiger partial charge in [-0.2, -0.15) is 0 Å². The quantitative estimate of drug-likeness (QED) is 0.842. The van der Waals surface area contributed by atoms with Gasteiger partial charge in [0.2, 0.25) is 17.8 Å². The van der Waals surface area contributed by atoms with Crippen molar-refractivity contribution in [2.24, 2.45) is 5.92 Å². The zero-order chi connectivity index (χ0) is 19.5. The van der Waals surface area contributed by atoms with Gasteiger partial charge in [0.25, 0.3) is 0 Å². The third-order valence-corrected chi connectivity index (χ3v) is 5.09. The summed E-state index contributed by atoms with van der Waals surface area (Å²) in [7, 11) is 0. The molecule has 3 heterocycles. The molecule has 2 saturated heterocycles. The highest BCUT2D eigenvalue weighted by atomic mass is 35.5. The molecule has 0 spiro atoms. The number of rotatable bonds is 4. The largest absolute Gasteiger partial charge is 0.378 e. The molecule has 8 nitrogen and oxygen atoms in total. The van der Waals surface area contributed by atoms with E-state index in [0.29, 0.717) is 36.4 Å². The van der Waals surface area contributed by atoms with E-state index >= 15 is 0 Å². The van der Waals surface area contributed by atoms with Crippen LogP contribution in [0.2, 0.25) is 5.02 Å². The molecule has 0 saturated carbocycles. The van der Waals surface area contributed by atoms with Gasteiger partial charge in [0, 0.05) is 36.8 Å². The van der Waals surface area contributed by atoms with Crippen molar-refractivity contribution < 1.29 is 14.3 Å². The van der Waals surface area contributed by atoms with Gasteiger partial charge in [0.15, 0.2) is 0 Å². The van der Waals surface area contributed by atoms with Crippen LogP contribution in [0.5, 0.6) is 0 Å². The Bertz CT molecular complexity index is 853. The first-order chi connectivity index (χ1) is 13.6. The van der Waals surface area contributed by atoms with E-state index in [9.17, 15) is 9.59 Å². The van der Waals surface area contributed by atoms with Crippen molar-refractivity contribution in [3.63, 3.8) is 0 Å². The molecule has 2 aliphatic heterocycles. The zero-order valence-corrected chi connectivity index (χ0v) is 15.9. The summed E-state index contributed by atoms with van der Waals surface area (Å²) in [6.45, 7) is 3.13.